The number of aromatic nitrogens is 3. The highest BCUT2D eigenvalue weighted by Crippen LogP contribution is 2.34. The molecule has 188 valence electrons. The van der Waals surface area contributed by atoms with Gasteiger partial charge in [0.15, 0.2) is 11.4 Å². The second-order valence-electron chi connectivity index (χ2n) is 7.61. The van der Waals surface area contributed by atoms with Gasteiger partial charge in [-0.15, -0.1) is 12.4 Å². The zero-order valence-electron chi connectivity index (χ0n) is 19.6. The SMILES string of the molecule is CCOc1cc2c(NS(=O)(=O)c3cc(CC)ccc3OC)noc2cc1Cn1cc(CN)cn1.Cl. The number of hydrogen-bond donors (Lipinski definition) is 2. The number of nitrogens with two attached hydrogens (primary N) is 1. The van der Waals surface area contributed by atoms with Gasteiger partial charge in [0.25, 0.3) is 10.0 Å². The van der Waals surface area contributed by atoms with Crippen molar-refractivity contribution in [2.45, 2.75) is 38.3 Å². The van der Waals surface area contributed by atoms with E-state index >= 15 is 0 Å². The Hall–Kier alpha value is -3.28. The van der Waals surface area contributed by atoms with E-state index in [9.17, 15) is 8.42 Å². The summed E-state index contributed by atoms with van der Waals surface area (Å²) in [4.78, 5) is 0.0292. The molecule has 0 bridgehead atoms. The molecule has 0 fully saturated rings. The Bertz CT molecular complexity index is 1420. The van der Waals surface area contributed by atoms with E-state index in [1.54, 1.807) is 35.1 Å². The zero-order chi connectivity index (χ0) is 24.3. The molecule has 0 saturated heterocycles. The maximum atomic E-state index is 13.2. The van der Waals surface area contributed by atoms with E-state index in [-0.39, 0.29) is 28.9 Å². The largest absolute Gasteiger partial charge is 0.495 e. The number of rotatable bonds is 10. The van der Waals surface area contributed by atoms with Crippen LogP contribution in [0.4, 0.5) is 5.82 Å². The zero-order valence-corrected chi connectivity index (χ0v) is 21.3. The first-order valence-electron chi connectivity index (χ1n) is 10.8. The fourth-order valence-corrected chi connectivity index (χ4v) is 4.83. The van der Waals surface area contributed by atoms with E-state index in [1.165, 1.54) is 7.11 Å². The Labute approximate surface area is 209 Å². The molecule has 0 radical (unpaired) electrons. The Morgan fingerprint density at radius 3 is 2.60 bits per heavy atom. The van der Waals surface area contributed by atoms with Gasteiger partial charge in [-0.2, -0.15) is 5.10 Å². The van der Waals surface area contributed by atoms with Crippen LogP contribution < -0.4 is 19.9 Å². The van der Waals surface area contributed by atoms with Crippen molar-refractivity contribution < 1.29 is 22.4 Å². The smallest absolute Gasteiger partial charge is 0.266 e. The molecule has 3 N–H and O–H groups in total. The maximum Gasteiger partial charge on any atom is 0.266 e. The third-order valence-corrected chi connectivity index (χ3v) is 6.72. The van der Waals surface area contributed by atoms with E-state index < -0.39 is 10.0 Å². The molecule has 35 heavy (non-hydrogen) atoms. The molecular weight excluding hydrogens is 494 g/mol. The number of ether oxygens (including phenoxy) is 2. The van der Waals surface area contributed by atoms with E-state index in [2.05, 4.69) is 15.0 Å². The highest BCUT2D eigenvalue weighted by Gasteiger charge is 2.24. The predicted molar refractivity (Wildman–Crippen MR) is 135 cm³/mol. The van der Waals surface area contributed by atoms with Crippen molar-refractivity contribution in [1.82, 2.24) is 14.9 Å². The molecule has 2 heterocycles. The van der Waals surface area contributed by atoms with Gasteiger partial charge in [-0.25, -0.2) is 8.42 Å². The summed E-state index contributed by atoms with van der Waals surface area (Å²) in [5.41, 5.74) is 8.68. The summed E-state index contributed by atoms with van der Waals surface area (Å²) in [5, 5.41) is 8.76. The summed E-state index contributed by atoms with van der Waals surface area (Å²) < 4.78 is 47.3. The summed E-state index contributed by atoms with van der Waals surface area (Å²) >= 11 is 0. The topological polar surface area (TPSA) is 134 Å². The molecular formula is C23H28ClN5O5S. The first kappa shape index (κ1) is 26.3. The van der Waals surface area contributed by atoms with Crippen molar-refractivity contribution in [3.63, 3.8) is 0 Å². The van der Waals surface area contributed by atoms with Crippen molar-refractivity contribution in [3.8, 4) is 11.5 Å². The molecule has 0 amide bonds. The summed E-state index contributed by atoms with van der Waals surface area (Å²) in [6, 6.07) is 8.55. The van der Waals surface area contributed by atoms with Gasteiger partial charge >= 0.3 is 0 Å². The highest BCUT2D eigenvalue weighted by atomic mass is 35.5. The first-order chi connectivity index (χ1) is 16.4. The van der Waals surface area contributed by atoms with Crippen LogP contribution in [0.2, 0.25) is 0 Å². The minimum absolute atomic E-state index is 0. The van der Waals surface area contributed by atoms with Gasteiger partial charge in [-0.1, -0.05) is 18.1 Å². The van der Waals surface area contributed by atoms with E-state index in [0.717, 1.165) is 16.7 Å². The molecule has 0 aliphatic heterocycles. The van der Waals surface area contributed by atoms with Crippen LogP contribution in [-0.2, 0) is 29.5 Å². The molecule has 0 unspecified atom stereocenters. The number of anilines is 1. The molecule has 10 nitrogen and oxygen atoms in total. The fraction of sp³-hybridized carbons (Fsp3) is 0.304. The summed E-state index contributed by atoms with van der Waals surface area (Å²) in [6.07, 6.45) is 4.25. The lowest BCUT2D eigenvalue weighted by Crippen LogP contribution is -2.15. The molecule has 12 heteroatoms. The second kappa shape index (κ2) is 11.0. The maximum absolute atomic E-state index is 13.2. The van der Waals surface area contributed by atoms with Gasteiger partial charge in [-0.05, 0) is 43.2 Å². The van der Waals surface area contributed by atoms with Crippen LogP contribution in [0.1, 0.15) is 30.5 Å². The molecule has 0 saturated carbocycles. The number of methoxy groups -OCH3 is 1. The average Bonchev–Trinajstić information content (AvgIpc) is 3.45. The minimum atomic E-state index is -4.00. The molecule has 0 aliphatic rings. The van der Waals surface area contributed by atoms with Gasteiger partial charge in [0.1, 0.15) is 16.4 Å². The molecule has 2 aromatic heterocycles. The number of nitrogens with one attached hydrogen (secondary N) is 1. The number of aryl methyl sites for hydroxylation is 1. The Morgan fingerprint density at radius 1 is 1.14 bits per heavy atom. The van der Waals surface area contributed by atoms with Crippen molar-refractivity contribution in [2.24, 2.45) is 5.73 Å². The van der Waals surface area contributed by atoms with Crippen LogP contribution in [0.3, 0.4) is 0 Å². The Morgan fingerprint density at radius 2 is 1.94 bits per heavy atom. The molecule has 2 aromatic carbocycles. The molecule has 0 aliphatic carbocycles. The summed E-state index contributed by atoms with van der Waals surface area (Å²) in [7, 11) is -2.57. The number of sulfonamides is 1. The van der Waals surface area contributed by atoms with Gasteiger partial charge < -0.3 is 19.7 Å². The third-order valence-electron chi connectivity index (χ3n) is 5.36. The lowest BCUT2D eigenvalue weighted by molar-refractivity contribution is 0.335. The monoisotopic (exact) mass is 521 g/mol. The summed E-state index contributed by atoms with van der Waals surface area (Å²) in [6.45, 7) is 5.07. The standard InChI is InChI=1S/C23H27N5O5S.ClH/c1-4-15-6-7-19(31-3)22(8-15)34(29,30)27-23-18-10-20(32-5-2)17(9-21(18)33-26-23)14-28-13-16(11-24)12-25-28;/h6-10,12-13H,4-5,11,14,24H2,1-3H3,(H,26,27);1H. The van der Waals surface area contributed by atoms with Crippen LogP contribution in [0.5, 0.6) is 11.5 Å². The summed E-state index contributed by atoms with van der Waals surface area (Å²) in [5.74, 6) is 0.885. The second-order valence-corrected chi connectivity index (χ2v) is 9.27. The van der Waals surface area contributed by atoms with Gasteiger partial charge in [0.05, 0.1) is 31.8 Å². The Balaban J connectivity index is 0.00000342. The van der Waals surface area contributed by atoms with Gasteiger partial charge in [-0.3, -0.25) is 9.40 Å². The van der Waals surface area contributed by atoms with Crippen molar-refractivity contribution in [1.29, 1.82) is 0 Å². The number of fused-ring (bicyclic) bond motifs is 1. The van der Waals surface area contributed by atoms with E-state index in [4.69, 9.17) is 19.7 Å². The van der Waals surface area contributed by atoms with Crippen LogP contribution in [0, 0.1) is 0 Å². The van der Waals surface area contributed by atoms with Crippen LogP contribution in [0.15, 0.2) is 52.1 Å². The van der Waals surface area contributed by atoms with E-state index in [1.807, 2.05) is 26.1 Å². The minimum Gasteiger partial charge on any atom is -0.495 e. The van der Waals surface area contributed by atoms with Crippen molar-refractivity contribution >= 4 is 39.2 Å². The number of benzene rings is 2. The first-order valence-corrected chi connectivity index (χ1v) is 12.3. The van der Waals surface area contributed by atoms with Crippen molar-refractivity contribution in [3.05, 3.63) is 59.4 Å². The molecule has 0 spiro atoms. The van der Waals surface area contributed by atoms with Crippen LogP contribution in [-0.4, -0.2) is 37.1 Å². The van der Waals surface area contributed by atoms with Crippen LogP contribution >= 0.6 is 12.4 Å². The fourth-order valence-electron chi connectivity index (χ4n) is 3.60. The van der Waals surface area contributed by atoms with Crippen LogP contribution in [0.25, 0.3) is 11.0 Å². The third kappa shape index (κ3) is 5.53. The van der Waals surface area contributed by atoms with Crippen molar-refractivity contribution in [2.75, 3.05) is 18.4 Å². The molecule has 0 atom stereocenters. The Kier molecular flexibility index (Phi) is 8.26. The van der Waals surface area contributed by atoms with Gasteiger partial charge in [0.2, 0.25) is 0 Å². The molecule has 4 aromatic rings. The predicted octanol–water partition coefficient (Wildman–Crippen LogP) is 3.72. The lowest BCUT2D eigenvalue weighted by Gasteiger charge is -2.12. The number of hydrogen-bond acceptors (Lipinski definition) is 8. The normalized spacial score (nSPS) is 11.3. The van der Waals surface area contributed by atoms with Gasteiger partial charge in [0, 0.05) is 23.9 Å². The number of nitrogens with zero attached hydrogens (tertiary/aromatic N) is 3. The molecule has 4 rings (SSSR count). The number of halogens is 1. The average molecular weight is 522 g/mol. The highest BCUT2D eigenvalue weighted by molar-refractivity contribution is 7.92. The van der Waals surface area contributed by atoms with E-state index in [0.29, 0.717) is 42.8 Å². The quantitative estimate of drug-likeness (QED) is 0.322. The lowest BCUT2D eigenvalue weighted by atomic mass is 10.1.